The molecule has 3 aromatic rings. The Morgan fingerprint density at radius 3 is 2.50 bits per heavy atom. The average Bonchev–Trinajstić information content (AvgIpc) is 2.67. The molecule has 1 aliphatic rings. The summed E-state index contributed by atoms with van der Waals surface area (Å²) in [4.78, 5) is 17.7. The maximum atomic E-state index is 5.92. The summed E-state index contributed by atoms with van der Waals surface area (Å²) in [6.45, 7) is 7.06. The number of nitrogen functional groups attached to an aromatic ring is 1. The van der Waals surface area contributed by atoms with Crippen LogP contribution in [0.2, 0.25) is 0 Å². The van der Waals surface area contributed by atoms with Gasteiger partial charge in [0.1, 0.15) is 0 Å². The van der Waals surface area contributed by atoms with E-state index in [1.807, 2.05) is 18.2 Å². The van der Waals surface area contributed by atoms with Gasteiger partial charge in [0.15, 0.2) is 0 Å². The average molecular weight is 349 g/mol. The van der Waals surface area contributed by atoms with Crippen LogP contribution in [-0.2, 0) is 0 Å². The number of hydrogen-bond acceptors (Lipinski definition) is 7. The molecule has 4 rings (SSSR count). The zero-order valence-corrected chi connectivity index (χ0v) is 14.9. The molecule has 1 saturated heterocycles. The standard InChI is InChI=1S/C19H23N7/c1-2-25-9-11-26(12-10-25)19-23-17(20)22-18(24-19)21-16-8-7-14-5-3-4-6-15(14)13-16/h3-8,13H,2,9-12H2,1H3,(H3,20,21,22,23,24). The summed E-state index contributed by atoms with van der Waals surface area (Å²) in [7, 11) is 0. The molecule has 0 saturated carbocycles. The molecule has 7 heteroatoms. The molecule has 1 fully saturated rings. The molecular formula is C19H23N7. The lowest BCUT2D eigenvalue weighted by Gasteiger charge is -2.34. The van der Waals surface area contributed by atoms with Gasteiger partial charge in [-0.3, -0.25) is 0 Å². The van der Waals surface area contributed by atoms with Gasteiger partial charge in [0.05, 0.1) is 0 Å². The Morgan fingerprint density at radius 1 is 0.962 bits per heavy atom. The number of nitrogens with two attached hydrogens (primary N) is 1. The molecule has 134 valence electrons. The summed E-state index contributed by atoms with van der Waals surface area (Å²) in [6, 6.07) is 14.4. The Kier molecular flexibility index (Phi) is 4.53. The van der Waals surface area contributed by atoms with Crippen LogP contribution in [0, 0.1) is 0 Å². The molecule has 26 heavy (non-hydrogen) atoms. The fraction of sp³-hybridized carbons (Fsp3) is 0.316. The van der Waals surface area contributed by atoms with E-state index in [9.17, 15) is 0 Å². The van der Waals surface area contributed by atoms with Crippen molar-refractivity contribution in [3.63, 3.8) is 0 Å². The van der Waals surface area contributed by atoms with Gasteiger partial charge in [0.25, 0.3) is 0 Å². The fourth-order valence-electron chi connectivity index (χ4n) is 3.24. The Bertz CT molecular complexity index is 903. The number of nitrogens with zero attached hydrogens (tertiary/aromatic N) is 5. The van der Waals surface area contributed by atoms with Crippen molar-refractivity contribution >= 4 is 34.3 Å². The van der Waals surface area contributed by atoms with Crippen molar-refractivity contribution in [2.75, 3.05) is 48.7 Å². The Hall–Kier alpha value is -2.93. The summed E-state index contributed by atoms with van der Waals surface area (Å²) in [5.41, 5.74) is 6.85. The number of fused-ring (bicyclic) bond motifs is 1. The highest BCUT2D eigenvalue weighted by Gasteiger charge is 2.19. The summed E-state index contributed by atoms with van der Waals surface area (Å²) >= 11 is 0. The second-order valence-electron chi connectivity index (χ2n) is 6.43. The Balaban J connectivity index is 1.55. The van der Waals surface area contributed by atoms with Gasteiger partial charge in [0, 0.05) is 31.9 Å². The van der Waals surface area contributed by atoms with Gasteiger partial charge in [-0.05, 0) is 29.4 Å². The molecule has 1 aromatic heterocycles. The first-order valence-corrected chi connectivity index (χ1v) is 8.96. The molecule has 0 radical (unpaired) electrons. The lowest BCUT2D eigenvalue weighted by atomic mass is 10.1. The minimum atomic E-state index is 0.233. The van der Waals surface area contributed by atoms with Crippen molar-refractivity contribution in [2.45, 2.75) is 6.92 Å². The monoisotopic (exact) mass is 349 g/mol. The van der Waals surface area contributed by atoms with Gasteiger partial charge in [-0.15, -0.1) is 0 Å². The molecular weight excluding hydrogens is 326 g/mol. The van der Waals surface area contributed by atoms with Crippen LogP contribution in [0.25, 0.3) is 10.8 Å². The van der Waals surface area contributed by atoms with Gasteiger partial charge in [-0.1, -0.05) is 37.3 Å². The van der Waals surface area contributed by atoms with Crippen molar-refractivity contribution in [1.82, 2.24) is 19.9 Å². The molecule has 2 heterocycles. The number of benzene rings is 2. The quantitative estimate of drug-likeness (QED) is 0.749. The van der Waals surface area contributed by atoms with E-state index in [1.54, 1.807) is 0 Å². The van der Waals surface area contributed by atoms with Crippen LogP contribution in [-0.4, -0.2) is 52.6 Å². The van der Waals surface area contributed by atoms with Crippen LogP contribution < -0.4 is 16.0 Å². The van der Waals surface area contributed by atoms with Crippen molar-refractivity contribution in [3.8, 4) is 0 Å². The van der Waals surface area contributed by atoms with Crippen molar-refractivity contribution < 1.29 is 0 Å². The second kappa shape index (κ2) is 7.13. The molecule has 7 nitrogen and oxygen atoms in total. The number of aromatic nitrogens is 3. The SMILES string of the molecule is CCN1CCN(c2nc(N)nc(Nc3ccc4ccccc4c3)n2)CC1. The zero-order valence-electron chi connectivity index (χ0n) is 14.9. The van der Waals surface area contributed by atoms with Gasteiger partial charge < -0.3 is 20.9 Å². The number of nitrogens with one attached hydrogen (secondary N) is 1. The van der Waals surface area contributed by atoms with Crippen molar-refractivity contribution in [2.24, 2.45) is 0 Å². The lowest BCUT2D eigenvalue weighted by molar-refractivity contribution is 0.270. The first kappa shape index (κ1) is 16.5. The smallest absolute Gasteiger partial charge is 0.233 e. The van der Waals surface area contributed by atoms with E-state index in [0.29, 0.717) is 11.9 Å². The molecule has 1 aliphatic heterocycles. The number of piperazine rings is 1. The van der Waals surface area contributed by atoms with Gasteiger partial charge >= 0.3 is 0 Å². The highest BCUT2D eigenvalue weighted by atomic mass is 15.3. The van der Waals surface area contributed by atoms with Crippen LogP contribution in [0.4, 0.5) is 23.5 Å². The topological polar surface area (TPSA) is 83.2 Å². The van der Waals surface area contributed by atoms with Crippen molar-refractivity contribution in [1.29, 1.82) is 0 Å². The first-order chi connectivity index (χ1) is 12.7. The predicted octanol–water partition coefficient (Wildman–Crippen LogP) is 2.49. The van der Waals surface area contributed by atoms with Crippen LogP contribution >= 0.6 is 0 Å². The second-order valence-corrected chi connectivity index (χ2v) is 6.43. The summed E-state index contributed by atoms with van der Waals surface area (Å²) in [6.07, 6.45) is 0. The molecule has 0 amide bonds. The molecule has 0 spiro atoms. The van der Waals surface area contributed by atoms with E-state index in [0.717, 1.165) is 43.8 Å². The van der Waals surface area contributed by atoms with E-state index >= 15 is 0 Å². The van der Waals surface area contributed by atoms with Crippen LogP contribution in [0.15, 0.2) is 42.5 Å². The van der Waals surface area contributed by atoms with E-state index in [1.165, 1.54) is 5.39 Å². The highest BCUT2D eigenvalue weighted by Crippen LogP contribution is 2.22. The Morgan fingerprint density at radius 2 is 1.73 bits per heavy atom. The van der Waals surface area contributed by atoms with E-state index < -0.39 is 0 Å². The van der Waals surface area contributed by atoms with Crippen LogP contribution in [0.3, 0.4) is 0 Å². The minimum Gasteiger partial charge on any atom is -0.368 e. The maximum absolute atomic E-state index is 5.92. The van der Waals surface area contributed by atoms with Gasteiger partial charge in [-0.2, -0.15) is 15.0 Å². The summed E-state index contributed by atoms with van der Waals surface area (Å²) in [5.74, 6) is 1.34. The maximum Gasteiger partial charge on any atom is 0.233 e. The molecule has 0 atom stereocenters. The molecule has 2 aromatic carbocycles. The van der Waals surface area contributed by atoms with Crippen LogP contribution in [0.1, 0.15) is 6.92 Å². The largest absolute Gasteiger partial charge is 0.368 e. The van der Waals surface area contributed by atoms with Crippen molar-refractivity contribution in [3.05, 3.63) is 42.5 Å². The number of hydrogen-bond donors (Lipinski definition) is 2. The van der Waals surface area contributed by atoms with E-state index in [2.05, 4.69) is 61.3 Å². The molecule has 3 N–H and O–H groups in total. The molecule has 0 aliphatic carbocycles. The summed E-state index contributed by atoms with van der Waals surface area (Å²) < 4.78 is 0. The fourth-order valence-corrected chi connectivity index (χ4v) is 3.24. The van der Waals surface area contributed by atoms with Gasteiger partial charge in [-0.25, -0.2) is 0 Å². The number of anilines is 4. The predicted molar refractivity (Wildman–Crippen MR) is 106 cm³/mol. The van der Waals surface area contributed by atoms with E-state index in [4.69, 9.17) is 5.73 Å². The highest BCUT2D eigenvalue weighted by molar-refractivity contribution is 5.86. The molecule has 0 bridgehead atoms. The lowest BCUT2D eigenvalue weighted by Crippen LogP contribution is -2.46. The number of rotatable bonds is 4. The zero-order chi connectivity index (χ0) is 17.9. The minimum absolute atomic E-state index is 0.233. The Labute approximate surface area is 152 Å². The number of likely N-dealkylation sites (N-methyl/N-ethyl adjacent to an activating group) is 1. The van der Waals surface area contributed by atoms with Crippen LogP contribution in [0.5, 0.6) is 0 Å². The normalized spacial score (nSPS) is 15.3. The van der Waals surface area contributed by atoms with E-state index in [-0.39, 0.29) is 5.95 Å². The third-order valence-electron chi connectivity index (χ3n) is 4.75. The van der Waals surface area contributed by atoms with Gasteiger partial charge in [0.2, 0.25) is 17.8 Å². The molecule has 0 unspecified atom stereocenters. The first-order valence-electron chi connectivity index (χ1n) is 8.96. The third-order valence-corrected chi connectivity index (χ3v) is 4.75. The summed E-state index contributed by atoms with van der Waals surface area (Å²) in [5, 5.41) is 5.62. The third kappa shape index (κ3) is 3.52.